The van der Waals surface area contributed by atoms with Gasteiger partial charge in [0.25, 0.3) is 10.0 Å². The predicted octanol–water partition coefficient (Wildman–Crippen LogP) is 7.02. The van der Waals surface area contributed by atoms with Gasteiger partial charge in [-0.3, -0.25) is 13.9 Å². The van der Waals surface area contributed by atoms with Crippen molar-refractivity contribution in [3.05, 3.63) is 130 Å². The van der Waals surface area contributed by atoms with Crippen LogP contribution in [0.5, 0.6) is 0 Å². The van der Waals surface area contributed by atoms with Crippen molar-refractivity contribution >= 4 is 39.1 Å². The number of hydrogen-bond acceptors (Lipinski definition) is 4. The second-order valence-corrected chi connectivity index (χ2v) is 15.1. The number of sulfonamides is 1. The molecule has 4 aromatic rings. The van der Waals surface area contributed by atoms with E-state index < -0.39 is 34.1 Å². The minimum absolute atomic E-state index is 0.0414. The van der Waals surface area contributed by atoms with Crippen molar-refractivity contribution in [3.8, 4) is 0 Å². The molecule has 0 radical (unpaired) electrons. The van der Waals surface area contributed by atoms with Gasteiger partial charge in [0.1, 0.15) is 12.6 Å². The number of halogens is 1. The molecular formula is C37H42ClN3O4S. The van der Waals surface area contributed by atoms with Crippen LogP contribution in [0.2, 0.25) is 5.02 Å². The molecule has 1 atom stereocenters. The summed E-state index contributed by atoms with van der Waals surface area (Å²) in [6.45, 7) is 10.8. The molecule has 0 saturated carbocycles. The van der Waals surface area contributed by atoms with Crippen molar-refractivity contribution in [3.63, 3.8) is 0 Å². The monoisotopic (exact) mass is 659 g/mol. The topological polar surface area (TPSA) is 86.8 Å². The normalized spacial score (nSPS) is 12.3. The van der Waals surface area contributed by atoms with Crippen molar-refractivity contribution in [2.45, 2.75) is 71.0 Å². The fraction of sp³-hybridized carbons (Fsp3) is 0.297. The minimum atomic E-state index is -4.18. The number of aryl methyl sites for hydroxylation is 3. The molecule has 0 saturated heterocycles. The third-order valence-corrected chi connectivity index (χ3v) is 9.42. The first-order valence-electron chi connectivity index (χ1n) is 15.2. The standard InChI is InChI=1S/C37H42ClN3O4S/c1-26-15-17-33(18-16-26)46(44,45)41(32-20-27(2)19-28(3)21-32)25-35(42)40(24-30-13-10-14-31(38)22-30)34(36(43)39-37(4,5)6)23-29-11-8-7-9-12-29/h7-22,34H,23-25H2,1-6H3,(H,39,43)/t34-/m1/s1. The van der Waals surface area contributed by atoms with E-state index in [0.717, 1.165) is 26.6 Å². The lowest BCUT2D eigenvalue weighted by Gasteiger charge is -2.35. The summed E-state index contributed by atoms with van der Waals surface area (Å²) in [5.41, 5.74) is 3.99. The molecule has 7 nitrogen and oxygen atoms in total. The molecular weight excluding hydrogens is 618 g/mol. The van der Waals surface area contributed by atoms with Gasteiger partial charge in [-0.25, -0.2) is 8.42 Å². The minimum Gasteiger partial charge on any atom is -0.350 e. The van der Waals surface area contributed by atoms with E-state index in [4.69, 9.17) is 11.6 Å². The van der Waals surface area contributed by atoms with Gasteiger partial charge in [-0.05, 0) is 100 Å². The van der Waals surface area contributed by atoms with Gasteiger partial charge >= 0.3 is 0 Å². The Morgan fingerprint density at radius 2 is 1.39 bits per heavy atom. The number of rotatable bonds is 11. The quantitative estimate of drug-likeness (QED) is 0.188. The Hall–Kier alpha value is -4.14. The number of carbonyl (C=O) groups excluding carboxylic acids is 2. The second kappa shape index (κ2) is 14.5. The Kier molecular flexibility index (Phi) is 11.0. The first-order chi connectivity index (χ1) is 21.6. The van der Waals surface area contributed by atoms with Gasteiger partial charge in [-0.1, -0.05) is 77.8 Å². The summed E-state index contributed by atoms with van der Waals surface area (Å²) < 4.78 is 29.7. The van der Waals surface area contributed by atoms with Crippen LogP contribution in [0.15, 0.2) is 102 Å². The molecule has 9 heteroatoms. The lowest BCUT2D eigenvalue weighted by Crippen LogP contribution is -2.56. The van der Waals surface area contributed by atoms with Crippen LogP contribution in [-0.2, 0) is 32.6 Å². The van der Waals surface area contributed by atoms with Crippen LogP contribution < -0.4 is 9.62 Å². The van der Waals surface area contributed by atoms with Crippen molar-refractivity contribution < 1.29 is 18.0 Å². The second-order valence-electron chi connectivity index (χ2n) is 12.8. The number of amides is 2. The van der Waals surface area contributed by atoms with Gasteiger partial charge in [-0.2, -0.15) is 0 Å². The summed E-state index contributed by atoms with van der Waals surface area (Å²) in [5.74, 6) is -0.870. The SMILES string of the molecule is Cc1ccc(S(=O)(=O)N(CC(=O)N(Cc2cccc(Cl)c2)[C@H](Cc2ccccc2)C(=O)NC(C)(C)C)c2cc(C)cc(C)c2)cc1. The molecule has 46 heavy (non-hydrogen) atoms. The van der Waals surface area contributed by atoms with E-state index in [-0.39, 0.29) is 23.8 Å². The van der Waals surface area contributed by atoms with Gasteiger partial charge in [-0.15, -0.1) is 0 Å². The maximum absolute atomic E-state index is 14.6. The van der Waals surface area contributed by atoms with Crippen molar-refractivity contribution in [2.24, 2.45) is 0 Å². The zero-order valence-corrected chi connectivity index (χ0v) is 28.8. The zero-order valence-electron chi connectivity index (χ0n) is 27.2. The number of nitrogens with one attached hydrogen (secondary N) is 1. The van der Waals surface area contributed by atoms with Gasteiger partial charge in [0.05, 0.1) is 10.6 Å². The first-order valence-corrected chi connectivity index (χ1v) is 17.0. The molecule has 4 rings (SSSR count). The Labute approximate surface area is 278 Å². The van der Waals surface area contributed by atoms with E-state index in [0.29, 0.717) is 16.3 Å². The summed E-state index contributed by atoms with van der Waals surface area (Å²) in [5, 5.41) is 3.53. The maximum Gasteiger partial charge on any atom is 0.264 e. The van der Waals surface area contributed by atoms with Crippen LogP contribution >= 0.6 is 11.6 Å². The number of anilines is 1. The largest absolute Gasteiger partial charge is 0.350 e. The van der Waals surface area contributed by atoms with E-state index in [1.165, 1.54) is 4.90 Å². The number of carbonyl (C=O) groups is 2. The lowest BCUT2D eigenvalue weighted by atomic mass is 10.0. The first kappa shape index (κ1) is 34.7. The molecule has 4 aromatic carbocycles. The average Bonchev–Trinajstić information content (AvgIpc) is 2.97. The van der Waals surface area contributed by atoms with E-state index in [1.54, 1.807) is 54.6 Å². The summed E-state index contributed by atoms with van der Waals surface area (Å²) >= 11 is 6.33. The summed E-state index contributed by atoms with van der Waals surface area (Å²) in [6, 6.07) is 27.6. The van der Waals surface area contributed by atoms with Crippen LogP contribution in [0.4, 0.5) is 5.69 Å². The van der Waals surface area contributed by atoms with Crippen molar-refractivity contribution in [2.75, 3.05) is 10.8 Å². The lowest BCUT2D eigenvalue weighted by molar-refractivity contribution is -0.140. The fourth-order valence-electron chi connectivity index (χ4n) is 5.30. The highest BCUT2D eigenvalue weighted by Crippen LogP contribution is 2.27. The predicted molar refractivity (Wildman–Crippen MR) is 185 cm³/mol. The summed E-state index contributed by atoms with van der Waals surface area (Å²) in [6.07, 6.45) is 0.226. The van der Waals surface area contributed by atoms with Gasteiger partial charge in [0, 0.05) is 23.5 Å². The smallest absolute Gasteiger partial charge is 0.264 e. The van der Waals surface area contributed by atoms with Crippen LogP contribution in [0.1, 0.15) is 48.6 Å². The zero-order chi connectivity index (χ0) is 33.6. The molecule has 0 aliphatic carbocycles. The third kappa shape index (κ3) is 9.21. The van der Waals surface area contributed by atoms with Gasteiger partial charge < -0.3 is 10.2 Å². The Balaban J connectivity index is 1.84. The van der Waals surface area contributed by atoms with E-state index in [2.05, 4.69) is 5.32 Å². The Morgan fingerprint density at radius 1 is 0.783 bits per heavy atom. The molecule has 0 unspecified atom stereocenters. The van der Waals surface area contributed by atoms with E-state index in [1.807, 2.05) is 84.0 Å². The van der Waals surface area contributed by atoms with Crippen molar-refractivity contribution in [1.29, 1.82) is 0 Å². The molecule has 0 aromatic heterocycles. The van der Waals surface area contributed by atoms with Crippen molar-refractivity contribution in [1.82, 2.24) is 10.2 Å². The van der Waals surface area contributed by atoms with Gasteiger partial charge in [0.2, 0.25) is 11.8 Å². The van der Waals surface area contributed by atoms with Crippen LogP contribution in [0.25, 0.3) is 0 Å². The third-order valence-electron chi connectivity index (χ3n) is 7.39. The molecule has 0 fully saturated rings. The molecule has 0 aliphatic rings. The average molecular weight is 660 g/mol. The molecule has 2 amide bonds. The Morgan fingerprint density at radius 3 is 1.98 bits per heavy atom. The van der Waals surface area contributed by atoms with Crippen LogP contribution in [0, 0.1) is 20.8 Å². The van der Waals surface area contributed by atoms with Gasteiger partial charge in [0.15, 0.2) is 0 Å². The number of benzene rings is 4. The maximum atomic E-state index is 14.6. The molecule has 1 N–H and O–H groups in total. The summed E-state index contributed by atoms with van der Waals surface area (Å²) in [7, 11) is -4.18. The van der Waals surface area contributed by atoms with Crippen LogP contribution in [0.3, 0.4) is 0 Å². The molecule has 0 aliphatic heterocycles. The van der Waals surface area contributed by atoms with E-state index >= 15 is 0 Å². The molecule has 0 heterocycles. The highest BCUT2D eigenvalue weighted by atomic mass is 35.5. The summed E-state index contributed by atoms with van der Waals surface area (Å²) in [4.78, 5) is 30.2. The fourth-order valence-corrected chi connectivity index (χ4v) is 6.91. The molecule has 0 spiro atoms. The Bertz CT molecular complexity index is 1770. The van der Waals surface area contributed by atoms with E-state index in [9.17, 15) is 18.0 Å². The highest BCUT2D eigenvalue weighted by Gasteiger charge is 2.35. The number of nitrogens with zero attached hydrogens (tertiary/aromatic N) is 2. The van der Waals surface area contributed by atoms with Crippen LogP contribution in [-0.4, -0.2) is 43.3 Å². The molecule has 242 valence electrons. The molecule has 0 bridgehead atoms. The highest BCUT2D eigenvalue weighted by molar-refractivity contribution is 7.92. The number of hydrogen-bond donors (Lipinski definition) is 1.